The molecule has 0 unspecified atom stereocenters. The van der Waals surface area contributed by atoms with Gasteiger partial charge in [-0.2, -0.15) is 5.10 Å². The predicted molar refractivity (Wildman–Crippen MR) is 92.8 cm³/mol. The number of benzene rings is 1. The van der Waals surface area contributed by atoms with Crippen molar-refractivity contribution in [1.82, 2.24) is 15.0 Å². The molecule has 23 heavy (non-hydrogen) atoms. The van der Waals surface area contributed by atoms with E-state index in [2.05, 4.69) is 31.4 Å². The van der Waals surface area contributed by atoms with Crippen molar-refractivity contribution in [3.05, 3.63) is 82.9 Å². The molecule has 3 rings (SSSR count). The Hall–Kier alpha value is -2.73. The van der Waals surface area contributed by atoms with E-state index in [1.165, 1.54) is 0 Å². The molecular weight excluding hydrogens is 356 g/mol. The lowest BCUT2D eigenvalue weighted by molar-refractivity contribution is 0.0955. The summed E-state index contributed by atoms with van der Waals surface area (Å²) in [6.07, 6.45) is 6.69. The minimum atomic E-state index is -0.273. The number of pyridine rings is 1. The van der Waals surface area contributed by atoms with Crippen LogP contribution in [0.1, 0.15) is 16.1 Å². The Bertz CT molecular complexity index is 825. The summed E-state index contributed by atoms with van der Waals surface area (Å²) in [6, 6.07) is 15.1. The van der Waals surface area contributed by atoms with Gasteiger partial charge in [-0.3, -0.25) is 9.78 Å². The van der Waals surface area contributed by atoms with Gasteiger partial charge in [0.05, 0.1) is 11.9 Å². The largest absolute Gasteiger partial charge is 0.316 e. The van der Waals surface area contributed by atoms with Crippen LogP contribution in [0.5, 0.6) is 0 Å². The Morgan fingerprint density at radius 3 is 2.61 bits per heavy atom. The summed E-state index contributed by atoms with van der Waals surface area (Å²) in [7, 11) is 0. The monoisotopic (exact) mass is 368 g/mol. The maximum atomic E-state index is 11.9. The number of aromatic nitrogens is 2. The fourth-order valence-corrected chi connectivity index (χ4v) is 2.33. The Kier molecular flexibility index (Phi) is 4.63. The van der Waals surface area contributed by atoms with Gasteiger partial charge >= 0.3 is 0 Å². The third-order valence-corrected chi connectivity index (χ3v) is 3.72. The van der Waals surface area contributed by atoms with Gasteiger partial charge in [0.1, 0.15) is 0 Å². The average Bonchev–Trinajstić information content (AvgIpc) is 3.05. The first-order valence-corrected chi connectivity index (χ1v) is 7.70. The molecule has 6 heteroatoms. The van der Waals surface area contributed by atoms with Gasteiger partial charge in [0.15, 0.2) is 0 Å². The molecule has 0 bridgehead atoms. The second kappa shape index (κ2) is 7.02. The lowest BCUT2D eigenvalue weighted by Crippen LogP contribution is -2.17. The molecule has 2 heterocycles. The molecule has 0 atom stereocenters. The first-order chi connectivity index (χ1) is 11.2. The molecule has 114 valence electrons. The van der Waals surface area contributed by atoms with E-state index in [0.717, 1.165) is 15.9 Å². The molecule has 2 aromatic heterocycles. The van der Waals surface area contributed by atoms with Crippen LogP contribution in [0.25, 0.3) is 5.69 Å². The van der Waals surface area contributed by atoms with Crippen molar-refractivity contribution < 1.29 is 4.79 Å². The van der Waals surface area contributed by atoms with E-state index in [0.29, 0.717) is 5.56 Å². The smallest absolute Gasteiger partial charge is 0.271 e. The lowest BCUT2D eigenvalue weighted by atomic mass is 10.3. The number of halogens is 1. The van der Waals surface area contributed by atoms with Crippen LogP contribution in [0.3, 0.4) is 0 Å². The second-order valence-corrected chi connectivity index (χ2v) is 5.63. The third-order valence-electron chi connectivity index (χ3n) is 3.19. The zero-order valence-electron chi connectivity index (χ0n) is 12.1. The number of amides is 1. The first-order valence-electron chi connectivity index (χ1n) is 6.91. The predicted octanol–water partition coefficient (Wildman–Crippen LogP) is 3.40. The van der Waals surface area contributed by atoms with Crippen LogP contribution in [-0.4, -0.2) is 21.7 Å². The molecule has 5 nitrogen and oxygen atoms in total. The Balaban J connectivity index is 1.73. The molecule has 0 spiro atoms. The highest BCUT2D eigenvalue weighted by atomic mass is 79.9. The molecule has 0 fully saturated rings. The van der Waals surface area contributed by atoms with Crippen molar-refractivity contribution in [2.75, 3.05) is 0 Å². The fourth-order valence-electron chi connectivity index (χ4n) is 2.06. The van der Waals surface area contributed by atoms with Crippen molar-refractivity contribution >= 4 is 28.1 Å². The number of hydrazone groups is 1. The fraction of sp³-hybridized carbons (Fsp3) is 0. The zero-order valence-corrected chi connectivity index (χ0v) is 13.6. The summed E-state index contributed by atoms with van der Waals surface area (Å²) in [5, 5.41) is 4.02. The molecule has 3 aromatic rings. The standard InChI is InChI=1S/C17H13BrN4O/c18-14-3-5-15(6-4-14)22-11-1-2-16(22)12-20-21-17(23)13-7-9-19-10-8-13/h1-12H,(H,21,23)/b20-12-. The summed E-state index contributed by atoms with van der Waals surface area (Å²) < 4.78 is 3.00. The highest BCUT2D eigenvalue weighted by molar-refractivity contribution is 9.10. The summed E-state index contributed by atoms with van der Waals surface area (Å²) in [6.45, 7) is 0. The Labute approximate surface area is 141 Å². The highest BCUT2D eigenvalue weighted by Gasteiger charge is 2.03. The number of carbonyl (C=O) groups is 1. The molecule has 0 aliphatic rings. The topological polar surface area (TPSA) is 59.3 Å². The van der Waals surface area contributed by atoms with Crippen molar-refractivity contribution in [1.29, 1.82) is 0 Å². The van der Waals surface area contributed by atoms with E-state index in [1.807, 2.05) is 47.2 Å². The van der Waals surface area contributed by atoms with Crippen LogP contribution < -0.4 is 5.43 Å². The van der Waals surface area contributed by atoms with Crippen molar-refractivity contribution in [3.63, 3.8) is 0 Å². The molecule has 0 aliphatic carbocycles. The first kappa shape index (κ1) is 15.2. The summed E-state index contributed by atoms with van der Waals surface area (Å²) in [5.41, 5.74) is 4.90. The molecule has 1 amide bonds. The molecule has 1 aromatic carbocycles. The molecule has 1 N–H and O–H groups in total. The van der Waals surface area contributed by atoms with E-state index < -0.39 is 0 Å². The number of hydrogen-bond acceptors (Lipinski definition) is 3. The molecule has 0 radical (unpaired) electrons. The number of nitrogens with one attached hydrogen (secondary N) is 1. The van der Waals surface area contributed by atoms with Crippen molar-refractivity contribution in [2.24, 2.45) is 5.10 Å². The average molecular weight is 369 g/mol. The van der Waals surface area contributed by atoms with E-state index in [4.69, 9.17) is 0 Å². The summed E-state index contributed by atoms with van der Waals surface area (Å²) in [4.78, 5) is 15.8. The van der Waals surface area contributed by atoms with Gasteiger partial charge < -0.3 is 4.57 Å². The number of carbonyl (C=O) groups excluding carboxylic acids is 1. The van der Waals surface area contributed by atoms with E-state index >= 15 is 0 Å². The van der Waals surface area contributed by atoms with Crippen molar-refractivity contribution in [3.8, 4) is 5.69 Å². The van der Waals surface area contributed by atoms with Crippen LogP contribution >= 0.6 is 15.9 Å². The van der Waals surface area contributed by atoms with E-state index in [9.17, 15) is 4.79 Å². The van der Waals surface area contributed by atoms with Gasteiger partial charge in [0.25, 0.3) is 5.91 Å². The van der Waals surface area contributed by atoms with Crippen LogP contribution in [-0.2, 0) is 0 Å². The van der Waals surface area contributed by atoms with Gasteiger partial charge in [-0.15, -0.1) is 0 Å². The number of hydrogen-bond donors (Lipinski definition) is 1. The van der Waals surface area contributed by atoms with Gasteiger partial charge in [-0.25, -0.2) is 5.43 Å². The normalized spacial score (nSPS) is 10.8. The minimum absolute atomic E-state index is 0.273. The molecule has 0 aliphatic heterocycles. The van der Waals surface area contributed by atoms with Crippen LogP contribution in [0, 0.1) is 0 Å². The maximum Gasteiger partial charge on any atom is 0.271 e. The Morgan fingerprint density at radius 1 is 1.13 bits per heavy atom. The Morgan fingerprint density at radius 2 is 1.87 bits per heavy atom. The van der Waals surface area contributed by atoms with E-state index in [1.54, 1.807) is 30.7 Å². The van der Waals surface area contributed by atoms with Gasteiger partial charge in [-0.1, -0.05) is 15.9 Å². The van der Waals surface area contributed by atoms with Crippen molar-refractivity contribution in [2.45, 2.75) is 0 Å². The quantitative estimate of drug-likeness (QED) is 0.566. The van der Waals surface area contributed by atoms with E-state index in [-0.39, 0.29) is 5.91 Å². The summed E-state index contributed by atoms with van der Waals surface area (Å²) in [5.74, 6) is -0.273. The summed E-state index contributed by atoms with van der Waals surface area (Å²) >= 11 is 3.42. The third kappa shape index (κ3) is 3.73. The van der Waals surface area contributed by atoms with Gasteiger partial charge in [-0.05, 0) is 48.5 Å². The van der Waals surface area contributed by atoms with Crippen LogP contribution in [0.15, 0.2) is 76.7 Å². The molecule has 0 saturated heterocycles. The maximum absolute atomic E-state index is 11.9. The molecule has 0 saturated carbocycles. The van der Waals surface area contributed by atoms with Crippen LogP contribution in [0.4, 0.5) is 0 Å². The zero-order chi connectivity index (χ0) is 16.1. The van der Waals surface area contributed by atoms with Crippen LogP contribution in [0.2, 0.25) is 0 Å². The lowest BCUT2D eigenvalue weighted by Gasteiger charge is -2.06. The highest BCUT2D eigenvalue weighted by Crippen LogP contribution is 2.15. The SMILES string of the molecule is O=C(N/N=C\c1cccn1-c1ccc(Br)cc1)c1ccncc1. The number of nitrogens with zero attached hydrogens (tertiary/aromatic N) is 3. The minimum Gasteiger partial charge on any atom is -0.316 e. The number of rotatable bonds is 4. The van der Waals surface area contributed by atoms with Gasteiger partial charge in [0.2, 0.25) is 0 Å². The second-order valence-electron chi connectivity index (χ2n) is 4.71. The molecular formula is C17H13BrN4O. The van der Waals surface area contributed by atoms with Gasteiger partial charge in [0, 0.05) is 34.3 Å².